The Morgan fingerprint density at radius 3 is 2.67 bits per heavy atom. The lowest BCUT2D eigenvalue weighted by molar-refractivity contribution is 0.203. The molecule has 1 aromatic heterocycles. The molecule has 0 fully saturated rings. The van der Waals surface area contributed by atoms with E-state index in [9.17, 15) is 0 Å². The number of hydrogen-bond acceptors (Lipinski definition) is 4. The van der Waals surface area contributed by atoms with Crippen LogP contribution in [0.25, 0.3) is 0 Å². The summed E-state index contributed by atoms with van der Waals surface area (Å²) in [6, 6.07) is 3.99. The summed E-state index contributed by atoms with van der Waals surface area (Å²) < 4.78 is 5.12. The molecule has 0 saturated heterocycles. The van der Waals surface area contributed by atoms with Gasteiger partial charge >= 0.3 is 0 Å². The van der Waals surface area contributed by atoms with Gasteiger partial charge in [0.1, 0.15) is 11.7 Å². The van der Waals surface area contributed by atoms with Crippen LogP contribution in [-0.4, -0.2) is 37.1 Å². The van der Waals surface area contributed by atoms with Gasteiger partial charge in [-0.25, -0.2) is 4.98 Å². The van der Waals surface area contributed by atoms with E-state index in [1.165, 1.54) is 0 Å². The van der Waals surface area contributed by atoms with Crippen LogP contribution in [0.15, 0.2) is 12.1 Å². The van der Waals surface area contributed by atoms with Gasteiger partial charge in [-0.3, -0.25) is 5.41 Å². The first-order valence-electron chi connectivity index (χ1n) is 6.05. The Labute approximate surface area is 108 Å². The fraction of sp³-hybridized carbons (Fsp3) is 0.538. The monoisotopic (exact) mass is 250 g/mol. The first kappa shape index (κ1) is 14.4. The van der Waals surface area contributed by atoms with Crippen LogP contribution in [0.3, 0.4) is 0 Å². The average Bonchev–Trinajstić information content (AvgIpc) is 2.28. The summed E-state index contributed by atoms with van der Waals surface area (Å²) in [4.78, 5) is 6.62. The molecule has 5 nitrogen and oxygen atoms in total. The summed E-state index contributed by atoms with van der Waals surface area (Å²) in [6.45, 7) is 7.45. The van der Waals surface area contributed by atoms with E-state index in [4.69, 9.17) is 15.9 Å². The fourth-order valence-corrected chi connectivity index (χ4v) is 1.77. The highest BCUT2D eigenvalue weighted by Gasteiger charge is 2.17. The number of pyridine rings is 1. The molecule has 0 saturated carbocycles. The van der Waals surface area contributed by atoms with Gasteiger partial charge in [0.25, 0.3) is 0 Å². The topological polar surface area (TPSA) is 75.2 Å². The molecule has 0 spiro atoms. The first-order valence-corrected chi connectivity index (χ1v) is 6.05. The van der Waals surface area contributed by atoms with Crippen LogP contribution in [0.2, 0.25) is 0 Å². The Morgan fingerprint density at radius 1 is 1.50 bits per heavy atom. The van der Waals surface area contributed by atoms with E-state index in [-0.39, 0.29) is 11.9 Å². The predicted molar refractivity (Wildman–Crippen MR) is 74.3 cm³/mol. The van der Waals surface area contributed by atoms with Crippen molar-refractivity contribution < 1.29 is 4.74 Å². The summed E-state index contributed by atoms with van der Waals surface area (Å²) >= 11 is 0. The smallest absolute Gasteiger partial charge is 0.140 e. The Morgan fingerprint density at radius 2 is 2.17 bits per heavy atom. The highest BCUT2D eigenvalue weighted by Crippen LogP contribution is 2.20. The molecule has 0 aliphatic carbocycles. The lowest BCUT2D eigenvalue weighted by Gasteiger charge is -2.29. The van der Waals surface area contributed by atoms with Crippen molar-refractivity contribution in [2.24, 2.45) is 5.73 Å². The SMILES string of the molecule is COCCN(c1nc(C)ccc1C(=N)N)C(C)C. The number of anilines is 1. The van der Waals surface area contributed by atoms with Crippen LogP contribution >= 0.6 is 0 Å². The zero-order valence-corrected chi connectivity index (χ0v) is 11.5. The van der Waals surface area contributed by atoms with Gasteiger partial charge in [0.05, 0.1) is 12.2 Å². The number of methoxy groups -OCH3 is 1. The summed E-state index contributed by atoms with van der Waals surface area (Å²) in [5, 5.41) is 7.64. The van der Waals surface area contributed by atoms with Gasteiger partial charge in [-0.15, -0.1) is 0 Å². The van der Waals surface area contributed by atoms with E-state index in [1.54, 1.807) is 7.11 Å². The van der Waals surface area contributed by atoms with Crippen molar-refractivity contribution in [2.45, 2.75) is 26.8 Å². The summed E-state index contributed by atoms with van der Waals surface area (Å²) in [6.07, 6.45) is 0. The van der Waals surface area contributed by atoms with E-state index >= 15 is 0 Å². The molecule has 0 amide bonds. The maximum Gasteiger partial charge on any atom is 0.140 e. The third-order valence-corrected chi connectivity index (χ3v) is 2.74. The van der Waals surface area contributed by atoms with Crippen LogP contribution in [0.5, 0.6) is 0 Å². The summed E-state index contributed by atoms with van der Waals surface area (Å²) in [5.41, 5.74) is 7.20. The number of nitrogens with one attached hydrogen (secondary N) is 1. The Bertz CT molecular complexity index is 417. The number of amidine groups is 1. The van der Waals surface area contributed by atoms with E-state index in [0.717, 1.165) is 18.1 Å². The number of ether oxygens (including phenoxy) is 1. The molecule has 100 valence electrons. The van der Waals surface area contributed by atoms with Crippen LogP contribution in [0, 0.1) is 12.3 Å². The van der Waals surface area contributed by atoms with Gasteiger partial charge in [0.15, 0.2) is 0 Å². The fourth-order valence-electron chi connectivity index (χ4n) is 1.77. The van der Waals surface area contributed by atoms with Gasteiger partial charge in [0.2, 0.25) is 0 Å². The summed E-state index contributed by atoms with van der Waals surface area (Å²) in [5.74, 6) is 0.801. The first-order chi connectivity index (χ1) is 8.47. The van der Waals surface area contributed by atoms with Crippen LogP contribution in [-0.2, 0) is 4.74 Å². The largest absolute Gasteiger partial charge is 0.384 e. The molecule has 0 radical (unpaired) electrons. The molecule has 1 aromatic rings. The van der Waals surface area contributed by atoms with Crippen molar-refractivity contribution >= 4 is 11.7 Å². The highest BCUT2D eigenvalue weighted by atomic mass is 16.5. The number of nitrogen functional groups attached to an aromatic ring is 1. The van der Waals surface area contributed by atoms with E-state index in [1.807, 2.05) is 19.1 Å². The number of aryl methyl sites for hydroxylation is 1. The predicted octanol–water partition coefficient (Wildman–Crippen LogP) is 1.54. The summed E-state index contributed by atoms with van der Waals surface area (Å²) in [7, 11) is 1.67. The second-order valence-corrected chi connectivity index (χ2v) is 4.52. The van der Waals surface area contributed by atoms with Crippen molar-refractivity contribution in [3.63, 3.8) is 0 Å². The zero-order chi connectivity index (χ0) is 13.7. The molecule has 1 heterocycles. The Kier molecular flexibility index (Phi) is 5.09. The standard InChI is InChI=1S/C13H22N4O/c1-9(2)17(7-8-18-4)13-11(12(14)15)6-5-10(3)16-13/h5-6,9H,7-8H2,1-4H3,(H3,14,15). The van der Waals surface area contributed by atoms with Crippen molar-refractivity contribution in [3.05, 3.63) is 23.4 Å². The Hall–Kier alpha value is -1.62. The molecule has 0 bridgehead atoms. The minimum atomic E-state index is 0.0422. The van der Waals surface area contributed by atoms with Gasteiger partial charge in [-0.05, 0) is 32.9 Å². The minimum absolute atomic E-state index is 0.0422. The molecular formula is C13H22N4O. The van der Waals surface area contributed by atoms with Crippen molar-refractivity contribution in [3.8, 4) is 0 Å². The van der Waals surface area contributed by atoms with Gasteiger partial charge < -0.3 is 15.4 Å². The molecular weight excluding hydrogens is 228 g/mol. The van der Waals surface area contributed by atoms with Crippen LogP contribution in [0.1, 0.15) is 25.1 Å². The quantitative estimate of drug-likeness (QED) is 0.593. The van der Waals surface area contributed by atoms with Crippen LogP contribution in [0.4, 0.5) is 5.82 Å². The lowest BCUT2D eigenvalue weighted by atomic mass is 10.2. The van der Waals surface area contributed by atoms with Crippen molar-refractivity contribution in [1.82, 2.24) is 4.98 Å². The molecule has 0 aliphatic rings. The molecule has 5 heteroatoms. The third kappa shape index (κ3) is 3.43. The highest BCUT2D eigenvalue weighted by molar-refractivity contribution is 5.99. The minimum Gasteiger partial charge on any atom is -0.384 e. The molecule has 1 rings (SSSR count). The number of rotatable bonds is 6. The second kappa shape index (κ2) is 6.35. The van der Waals surface area contributed by atoms with Crippen molar-refractivity contribution in [2.75, 3.05) is 25.2 Å². The van der Waals surface area contributed by atoms with E-state index in [0.29, 0.717) is 12.2 Å². The van der Waals surface area contributed by atoms with E-state index in [2.05, 4.69) is 23.7 Å². The molecule has 0 unspecified atom stereocenters. The number of nitrogens with zero attached hydrogens (tertiary/aromatic N) is 2. The average molecular weight is 250 g/mol. The van der Waals surface area contributed by atoms with Gasteiger partial charge in [-0.1, -0.05) is 0 Å². The molecule has 3 N–H and O–H groups in total. The van der Waals surface area contributed by atoms with E-state index < -0.39 is 0 Å². The Balaban J connectivity index is 3.16. The van der Waals surface area contributed by atoms with Gasteiger partial charge in [-0.2, -0.15) is 0 Å². The van der Waals surface area contributed by atoms with Crippen LogP contribution < -0.4 is 10.6 Å². The van der Waals surface area contributed by atoms with Gasteiger partial charge in [0, 0.05) is 25.4 Å². The number of aromatic nitrogens is 1. The molecule has 0 aliphatic heterocycles. The molecule has 18 heavy (non-hydrogen) atoms. The maximum absolute atomic E-state index is 7.64. The normalized spacial score (nSPS) is 10.7. The molecule has 0 atom stereocenters. The second-order valence-electron chi connectivity index (χ2n) is 4.52. The maximum atomic E-state index is 7.64. The zero-order valence-electron chi connectivity index (χ0n) is 11.5. The third-order valence-electron chi connectivity index (χ3n) is 2.74. The number of hydrogen-bond donors (Lipinski definition) is 2. The number of nitrogens with two attached hydrogens (primary N) is 1. The lowest BCUT2D eigenvalue weighted by Crippen LogP contribution is -2.36. The molecule has 0 aromatic carbocycles. The van der Waals surface area contributed by atoms with Crippen molar-refractivity contribution in [1.29, 1.82) is 5.41 Å².